The van der Waals surface area contributed by atoms with Crippen LogP contribution < -0.4 is 0 Å². The monoisotopic (exact) mass is 313 g/mol. The number of benzene rings is 1. The molecule has 0 saturated carbocycles. The smallest absolute Gasteiger partial charge is 0.358 e. The van der Waals surface area contributed by atoms with Crippen molar-refractivity contribution < 1.29 is 9.53 Å². The van der Waals surface area contributed by atoms with Gasteiger partial charge in [0.2, 0.25) is 0 Å². The van der Waals surface area contributed by atoms with Gasteiger partial charge in [-0.15, -0.1) is 0 Å². The number of nitrogens with zero attached hydrogens (tertiary/aromatic N) is 3. The Kier molecular flexibility index (Phi) is 4.76. The van der Waals surface area contributed by atoms with Crippen molar-refractivity contribution in [3.05, 3.63) is 53.3 Å². The summed E-state index contributed by atoms with van der Waals surface area (Å²) in [5, 5.41) is 4.37. The predicted octanol–water partition coefficient (Wildman–Crippen LogP) is 2.68. The molecular formula is C18H23N3O2. The minimum atomic E-state index is -0.366. The number of esters is 1. The molecule has 1 aliphatic heterocycles. The van der Waals surface area contributed by atoms with Gasteiger partial charge in [-0.1, -0.05) is 37.3 Å². The fraction of sp³-hybridized carbons (Fsp3) is 0.444. The van der Waals surface area contributed by atoms with Gasteiger partial charge in [0.1, 0.15) is 0 Å². The molecule has 0 aliphatic carbocycles. The molecule has 122 valence electrons. The van der Waals surface area contributed by atoms with E-state index >= 15 is 0 Å². The zero-order chi connectivity index (χ0) is 16.2. The quantitative estimate of drug-likeness (QED) is 0.814. The zero-order valence-corrected chi connectivity index (χ0v) is 13.7. The Bertz CT molecular complexity index is 666. The van der Waals surface area contributed by atoms with Crippen molar-refractivity contribution in [3.63, 3.8) is 0 Å². The first-order valence-corrected chi connectivity index (χ1v) is 8.09. The van der Waals surface area contributed by atoms with Crippen molar-refractivity contribution in [3.8, 4) is 0 Å². The molecule has 0 saturated heterocycles. The SMILES string of the molecule is COC(=O)c1cc2n(n1)CCCN(CC(C)c1ccccc1)C2. The number of rotatable bonds is 4. The van der Waals surface area contributed by atoms with Crippen molar-refractivity contribution in [1.82, 2.24) is 14.7 Å². The predicted molar refractivity (Wildman–Crippen MR) is 88.3 cm³/mol. The van der Waals surface area contributed by atoms with Crippen molar-refractivity contribution in [2.75, 3.05) is 20.2 Å². The number of aromatic nitrogens is 2. The summed E-state index contributed by atoms with van der Waals surface area (Å²) in [6, 6.07) is 12.5. The largest absolute Gasteiger partial charge is 0.464 e. The van der Waals surface area contributed by atoms with E-state index in [0.717, 1.165) is 38.3 Å². The van der Waals surface area contributed by atoms with E-state index in [1.807, 2.05) is 10.7 Å². The highest BCUT2D eigenvalue weighted by Crippen LogP contribution is 2.20. The maximum atomic E-state index is 11.6. The first kappa shape index (κ1) is 15.7. The summed E-state index contributed by atoms with van der Waals surface area (Å²) in [5.74, 6) is 0.112. The van der Waals surface area contributed by atoms with Crippen LogP contribution in [0.15, 0.2) is 36.4 Å². The van der Waals surface area contributed by atoms with Crippen molar-refractivity contribution in [1.29, 1.82) is 0 Å². The molecule has 2 aromatic rings. The molecule has 1 unspecified atom stereocenters. The number of hydrogen-bond donors (Lipinski definition) is 0. The van der Waals surface area contributed by atoms with Crippen LogP contribution in [0.2, 0.25) is 0 Å². The van der Waals surface area contributed by atoms with Gasteiger partial charge in [-0.3, -0.25) is 9.58 Å². The number of aryl methyl sites for hydroxylation is 1. The van der Waals surface area contributed by atoms with Crippen molar-refractivity contribution in [2.24, 2.45) is 0 Å². The van der Waals surface area contributed by atoms with Gasteiger partial charge in [-0.2, -0.15) is 5.10 Å². The van der Waals surface area contributed by atoms with Crippen LogP contribution >= 0.6 is 0 Å². The fourth-order valence-electron chi connectivity index (χ4n) is 3.16. The van der Waals surface area contributed by atoms with Gasteiger partial charge in [0.15, 0.2) is 5.69 Å². The van der Waals surface area contributed by atoms with Crippen LogP contribution in [0.3, 0.4) is 0 Å². The Morgan fingerprint density at radius 2 is 2.09 bits per heavy atom. The number of ether oxygens (including phenoxy) is 1. The van der Waals surface area contributed by atoms with Gasteiger partial charge in [-0.05, 0) is 24.0 Å². The van der Waals surface area contributed by atoms with Crippen LogP contribution in [0.1, 0.15) is 41.0 Å². The lowest BCUT2D eigenvalue weighted by Crippen LogP contribution is -2.27. The van der Waals surface area contributed by atoms with E-state index in [2.05, 4.69) is 47.3 Å². The van der Waals surface area contributed by atoms with E-state index in [-0.39, 0.29) is 5.97 Å². The van der Waals surface area contributed by atoms with Crippen LogP contribution in [-0.4, -0.2) is 40.8 Å². The molecule has 0 fully saturated rings. The molecule has 1 atom stereocenters. The first-order chi connectivity index (χ1) is 11.2. The third-order valence-electron chi connectivity index (χ3n) is 4.39. The number of fused-ring (bicyclic) bond motifs is 1. The molecule has 1 aromatic heterocycles. The second-order valence-electron chi connectivity index (χ2n) is 6.14. The average molecular weight is 313 g/mol. The van der Waals surface area contributed by atoms with Crippen molar-refractivity contribution in [2.45, 2.75) is 32.4 Å². The first-order valence-electron chi connectivity index (χ1n) is 8.09. The highest BCUT2D eigenvalue weighted by molar-refractivity contribution is 5.87. The lowest BCUT2D eigenvalue weighted by Gasteiger charge is -2.24. The van der Waals surface area contributed by atoms with Gasteiger partial charge >= 0.3 is 5.97 Å². The molecule has 0 N–H and O–H groups in total. The maximum Gasteiger partial charge on any atom is 0.358 e. The van der Waals surface area contributed by atoms with Crippen molar-refractivity contribution >= 4 is 5.97 Å². The molecular weight excluding hydrogens is 290 g/mol. The molecule has 2 heterocycles. The lowest BCUT2D eigenvalue weighted by molar-refractivity contribution is 0.0593. The maximum absolute atomic E-state index is 11.6. The third-order valence-corrected chi connectivity index (χ3v) is 4.39. The number of carbonyl (C=O) groups is 1. The van der Waals surface area contributed by atoms with Gasteiger partial charge in [0.25, 0.3) is 0 Å². The second-order valence-corrected chi connectivity index (χ2v) is 6.14. The third kappa shape index (κ3) is 3.62. The Labute approximate surface area is 136 Å². The van der Waals surface area contributed by atoms with E-state index in [9.17, 15) is 4.79 Å². The molecule has 5 nitrogen and oxygen atoms in total. The minimum Gasteiger partial charge on any atom is -0.464 e. The molecule has 0 bridgehead atoms. The van der Waals surface area contributed by atoms with Crippen LogP contribution in [0.4, 0.5) is 0 Å². The summed E-state index contributed by atoms with van der Waals surface area (Å²) in [5.41, 5.74) is 2.85. The van der Waals surface area contributed by atoms with E-state index in [1.165, 1.54) is 12.7 Å². The molecule has 23 heavy (non-hydrogen) atoms. The van der Waals surface area contributed by atoms with Crippen LogP contribution in [-0.2, 0) is 17.8 Å². The second kappa shape index (κ2) is 6.96. The summed E-state index contributed by atoms with van der Waals surface area (Å²) >= 11 is 0. The normalized spacial score (nSPS) is 16.4. The summed E-state index contributed by atoms with van der Waals surface area (Å²) in [4.78, 5) is 14.1. The summed E-state index contributed by atoms with van der Waals surface area (Å²) < 4.78 is 6.71. The highest BCUT2D eigenvalue weighted by atomic mass is 16.5. The van der Waals surface area contributed by atoms with E-state index in [4.69, 9.17) is 4.74 Å². The Morgan fingerprint density at radius 3 is 2.83 bits per heavy atom. The van der Waals surface area contributed by atoms with Gasteiger partial charge < -0.3 is 4.74 Å². The Morgan fingerprint density at radius 1 is 1.30 bits per heavy atom. The zero-order valence-electron chi connectivity index (χ0n) is 13.7. The topological polar surface area (TPSA) is 47.4 Å². The van der Waals surface area contributed by atoms with E-state index in [1.54, 1.807) is 0 Å². The summed E-state index contributed by atoms with van der Waals surface area (Å²) in [6.07, 6.45) is 1.04. The van der Waals surface area contributed by atoms with Gasteiger partial charge in [0, 0.05) is 26.2 Å². The lowest BCUT2D eigenvalue weighted by atomic mass is 10.0. The molecule has 0 spiro atoms. The number of methoxy groups -OCH3 is 1. The highest BCUT2D eigenvalue weighted by Gasteiger charge is 2.21. The standard InChI is InChI=1S/C18H23N3O2/c1-14(15-7-4-3-5-8-15)12-20-9-6-10-21-16(13-20)11-17(19-21)18(22)23-2/h3-5,7-8,11,14H,6,9-10,12-13H2,1-2H3. The van der Waals surface area contributed by atoms with E-state index in [0.29, 0.717) is 11.6 Å². The Hall–Kier alpha value is -2.14. The molecule has 0 radical (unpaired) electrons. The molecule has 1 aliphatic rings. The van der Waals surface area contributed by atoms with E-state index < -0.39 is 0 Å². The molecule has 5 heteroatoms. The van der Waals surface area contributed by atoms with Crippen LogP contribution in [0.25, 0.3) is 0 Å². The molecule has 1 aromatic carbocycles. The fourth-order valence-corrected chi connectivity index (χ4v) is 3.16. The average Bonchev–Trinajstić information content (AvgIpc) is 2.88. The Balaban J connectivity index is 1.71. The summed E-state index contributed by atoms with van der Waals surface area (Å²) in [6.45, 7) is 5.98. The van der Waals surface area contributed by atoms with Crippen LogP contribution in [0, 0.1) is 0 Å². The molecule has 0 amide bonds. The van der Waals surface area contributed by atoms with Gasteiger partial charge in [0.05, 0.1) is 12.8 Å². The van der Waals surface area contributed by atoms with Crippen LogP contribution in [0.5, 0.6) is 0 Å². The molecule has 3 rings (SSSR count). The number of hydrogen-bond acceptors (Lipinski definition) is 4. The summed E-state index contributed by atoms with van der Waals surface area (Å²) in [7, 11) is 1.39. The van der Waals surface area contributed by atoms with Gasteiger partial charge in [-0.25, -0.2) is 4.79 Å². The minimum absolute atomic E-state index is 0.366. The number of carbonyl (C=O) groups excluding carboxylic acids is 1.